The van der Waals surface area contributed by atoms with Crippen molar-refractivity contribution in [2.24, 2.45) is 0 Å². The van der Waals surface area contributed by atoms with Gasteiger partial charge >= 0.3 is 0 Å². The summed E-state index contributed by atoms with van der Waals surface area (Å²) in [6.07, 6.45) is 5.52. The Bertz CT molecular complexity index is 318. The Morgan fingerprint density at radius 2 is 2.12 bits per heavy atom. The molecule has 0 aromatic carbocycles. The summed E-state index contributed by atoms with van der Waals surface area (Å²) in [5, 5.41) is 0. The van der Waals surface area contributed by atoms with Crippen molar-refractivity contribution in [2.75, 3.05) is 6.61 Å². The summed E-state index contributed by atoms with van der Waals surface area (Å²) in [6, 6.07) is 0. The van der Waals surface area contributed by atoms with Gasteiger partial charge < -0.3 is 4.74 Å². The highest BCUT2D eigenvalue weighted by molar-refractivity contribution is 9.09. The Kier molecular flexibility index (Phi) is 5.74. The molecule has 3 nitrogen and oxygen atoms in total. The van der Waals surface area contributed by atoms with Gasteiger partial charge in [-0.25, -0.2) is 4.98 Å². The van der Waals surface area contributed by atoms with Crippen molar-refractivity contribution in [1.29, 1.82) is 0 Å². The molecule has 0 fully saturated rings. The number of hydrogen-bond acceptors (Lipinski definition) is 3. The van der Waals surface area contributed by atoms with Crippen LogP contribution in [0.3, 0.4) is 0 Å². The maximum atomic E-state index is 5.48. The van der Waals surface area contributed by atoms with Gasteiger partial charge in [-0.1, -0.05) is 36.7 Å². The molecular weight excluding hydrogens is 268 g/mol. The molecule has 0 amide bonds. The highest BCUT2D eigenvalue weighted by Gasteiger charge is 2.17. The van der Waals surface area contributed by atoms with Crippen molar-refractivity contribution in [3.63, 3.8) is 0 Å². The molecule has 1 aromatic heterocycles. The maximum Gasteiger partial charge on any atom is 0.232 e. The van der Waals surface area contributed by atoms with E-state index in [1.54, 1.807) is 6.20 Å². The lowest BCUT2D eigenvalue weighted by Crippen LogP contribution is -2.11. The van der Waals surface area contributed by atoms with E-state index in [1.165, 1.54) is 0 Å². The fourth-order valence-electron chi connectivity index (χ4n) is 1.59. The third-order valence-electron chi connectivity index (χ3n) is 2.46. The zero-order valence-corrected chi connectivity index (χ0v) is 11.7. The molecule has 0 aliphatic heterocycles. The topological polar surface area (TPSA) is 35.0 Å². The maximum absolute atomic E-state index is 5.48. The van der Waals surface area contributed by atoms with E-state index in [9.17, 15) is 0 Å². The van der Waals surface area contributed by atoms with Crippen LogP contribution in [0.1, 0.15) is 45.2 Å². The van der Waals surface area contributed by atoms with Crippen LogP contribution < -0.4 is 4.74 Å². The molecule has 1 heterocycles. The van der Waals surface area contributed by atoms with Crippen LogP contribution in [-0.2, 0) is 0 Å². The van der Waals surface area contributed by atoms with Gasteiger partial charge in [0.1, 0.15) is 0 Å². The third-order valence-corrected chi connectivity index (χ3v) is 3.10. The van der Waals surface area contributed by atoms with Gasteiger partial charge in [0.05, 0.1) is 18.5 Å². The van der Waals surface area contributed by atoms with E-state index in [1.807, 2.05) is 6.20 Å². The first-order chi connectivity index (χ1) is 7.69. The lowest BCUT2D eigenvalue weighted by molar-refractivity contribution is 0.302. The van der Waals surface area contributed by atoms with E-state index in [4.69, 9.17) is 4.74 Å². The first-order valence-corrected chi connectivity index (χ1v) is 6.69. The van der Waals surface area contributed by atoms with Crippen LogP contribution >= 0.6 is 15.9 Å². The lowest BCUT2D eigenvalue weighted by atomic mass is 10.00. The van der Waals surface area contributed by atoms with Crippen molar-refractivity contribution in [3.8, 4) is 5.88 Å². The molecule has 0 N–H and O–H groups in total. The molecule has 0 spiro atoms. The summed E-state index contributed by atoms with van der Waals surface area (Å²) in [4.78, 5) is 9.06. The summed E-state index contributed by atoms with van der Waals surface area (Å²) in [7, 11) is 0. The Morgan fingerprint density at radius 1 is 1.38 bits per heavy atom. The molecule has 0 bridgehead atoms. The summed E-state index contributed by atoms with van der Waals surface area (Å²) in [5.41, 5.74) is 1.00. The number of halogens is 1. The Labute approximate surface area is 106 Å². The van der Waals surface area contributed by atoms with E-state index in [0.717, 1.165) is 18.5 Å². The average Bonchev–Trinajstić information content (AvgIpc) is 2.27. The van der Waals surface area contributed by atoms with Crippen molar-refractivity contribution >= 4 is 15.9 Å². The van der Waals surface area contributed by atoms with Crippen molar-refractivity contribution in [3.05, 3.63) is 18.1 Å². The molecule has 1 aromatic rings. The fourth-order valence-corrected chi connectivity index (χ4v) is 2.23. The predicted octanol–water partition coefficient (Wildman–Crippen LogP) is 3.54. The Hall–Kier alpha value is -0.640. The van der Waals surface area contributed by atoms with Gasteiger partial charge in [0, 0.05) is 16.9 Å². The van der Waals surface area contributed by atoms with Gasteiger partial charge in [-0.15, -0.1) is 0 Å². The van der Waals surface area contributed by atoms with Crippen molar-refractivity contribution in [2.45, 2.75) is 44.4 Å². The number of rotatable bonds is 6. The summed E-state index contributed by atoms with van der Waals surface area (Å²) < 4.78 is 5.48. The number of ether oxygens (including phenoxy) is 1. The molecule has 0 saturated heterocycles. The molecule has 0 saturated carbocycles. The molecule has 1 rings (SSSR count). The van der Waals surface area contributed by atoms with E-state index in [-0.39, 0.29) is 0 Å². The Balaban J connectivity index is 2.79. The van der Waals surface area contributed by atoms with Gasteiger partial charge in [0.2, 0.25) is 5.88 Å². The second kappa shape index (κ2) is 6.84. The molecule has 0 aliphatic carbocycles. The smallest absolute Gasteiger partial charge is 0.232 e. The highest BCUT2D eigenvalue weighted by Crippen LogP contribution is 2.26. The second-order valence-corrected chi connectivity index (χ2v) is 5.27. The van der Waals surface area contributed by atoms with Crippen LogP contribution in [0.15, 0.2) is 12.4 Å². The normalized spacial score (nSPS) is 14.5. The van der Waals surface area contributed by atoms with E-state index >= 15 is 0 Å². The largest absolute Gasteiger partial charge is 0.477 e. The second-order valence-electron chi connectivity index (χ2n) is 3.82. The van der Waals surface area contributed by atoms with E-state index in [0.29, 0.717) is 23.2 Å². The minimum atomic E-state index is 0.387. The molecular formula is C12H19BrN2O. The van der Waals surface area contributed by atoms with Crippen LogP contribution in [0.4, 0.5) is 0 Å². The first-order valence-electron chi connectivity index (χ1n) is 5.77. The van der Waals surface area contributed by atoms with Crippen molar-refractivity contribution in [1.82, 2.24) is 9.97 Å². The first kappa shape index (κ1) is 13.4. The molecule has 16 heavy (non-hydrogen) atoms. The molecule has 4 heteroatoms. The van der Waals surface area contributed by atoms with Gasteiger partial charge in [-0.05, 0) is 12.8 Å². The lowest BCUT2D eigenvalue weighted by Gasteiger charge is -2.17. The van der Waals surface area contributed by atoms with E-state index < -0.39 is 0 Å². The number of alkyl halides is 1. The summed E-state index contributed by atoms with van der Waals surface area (Å²) >= 11 is 3.61. The van der Waals surface area contributed by atoms with Crippen molar-refractivity contribution < 1.29 is 4.74 Å². The van der Waals surface area contributed by atoms with Crippen LogP contribution in [-0.4, -0.2) is 21.4 Å². The van der Waals surface area contributed by atoms with Gasteiger partial charge in [0.25, 0.3) is 0 Å². The zero-order chi connectivity index (χ0) is 12.0. The molecule has 0 radical (unpaired) electrons. The fraction of sp³-hybridized carbons (Fsp3) is 0.667. The molecule has 2 unspecified atom stereocenters. The number of aromatic nitrogens is 2. The average molecular weight is 287 g/mol. The molecule has 90 valence electrons. The van der Waals surface area contributed by atoms with Crippen LogP contribution in [0.25, 0.3) is 0 Å². The van der Waals surface area contributed by atoms with Crippen LogP contribution in [0.5, 0.6) is 5.88 Å². The Morgan fingerprint density at radius 3 is 2.69 bits per heavy atom. The minimum Gasteiger partial charge on any atom is -0.477 e. The monoisotopic (exact) mass is 286 g/mol. The van der Waals surface area contributed by atoms with E-state index in [2.05, 4.69) is 46.7 Å². The van der Waals surface area contributed by atoms with Crippen LogP contribution in [0, 0.1) is 0 Å². The van der Waals surface area contributed by atoms with Gasteiger partial charge in [-0.3, -0.25) is 4.98 Å². The summed E-state index contributed by atoms with van der Waals surface area (Å²) in [5.74, 6) is 1.02. The standard InChI is InChI=1S/C12H19BrN2O/c1-4-6-16-12-8-14-7-11(15-12)10(5-2)9(3)13/h7-10H,4-6H2,1-3H3. The van der Waals surface area contributed by atoms with Gasteiger partial charge in [0.15, 0.2) is 0 Å². The SMILES string of the molecule is CCCOc1cncc(C(CC)C(C)Br)n1. The number of hydrogen-bond donors (Lipinski definition) is 0. The zero-order valence-electron chi connectivity index (χ0n) is 10.1. The highest BCUT2D eigenvalue weighted by atomic mass is 79.9. The minimum absolute atomic E-state index is 0.387. The quantitative estimate of drug-likeness (QED) is 0.751. The molecule has 0 aliphatic rings. The van der Waals surface area contributed by atoms with Gasteiger partial charge in [-0.2, -0.15) is 0 Å². The van der Waals surface area contributed by atoms with Crippen LogP contribution in [0.2, 0.25) is 0 Å². The molecule has 2 atom stereocenters. The summed E-state index contributed by atoms with van der Waals surface area (Å²) in [6.45, 7) is 7.06. The third kappa shape index (κ3) is 3.74. The predicted molar refractivity (Wildman–Crippen MR) is 69.2 cm³/mol. The number of nitrogens with zero attached hydrogens (tertiary/aromatic N) is 2.